The molecule has 2 rings (SSSR count). The summed E-state index contributed by atoms with van der Waals surface area (Å²) >= 11 is 0. The summed E-state index contributed by atoms with van der Waals surface area (Å²) in [7, 11) is 1.54. The molecule has 0 amide bonds. The van der Waals surface area contributed by atoms with Gasteiger partial charge in [-0.1, -0.05) is 0 Å². The van der Waals surface area contributed by atoms with Crippen molar-refractivity contribution in [1.82, 2.24) is 4.98 Å². The lowest BCUT2D eigenvalue weighted by Gasteiger charge is -2.32. The topological polar surface area (TPSA) is 48.4 Å². The van der Waals surface area contributed by atoms with E-state index in [1.54, 1.807) is 18.3 Å². The zero-order chi connectivity index (χ0) is 12.3. The number of carbonyl (C=O) groups excluding carboxylic acids is 1. The number of nitrogens with zero attached hydrogens (tertiary/aromatic N) is 1. The predicted octanol–water partition coefficient (Wildman–Crippen LogP) is 2.23. The molecule has 1 fully saturated rings. The molecule has 1 unspecified atom stereocenters. The summed E-state index contributed by atoms with van der Waals surface area (Å²) in [5, 5.41) is 0. The molecule has 0 bridgehead atoms. The molecule has 0 aliphatic carbocycles. The molecule has 0 spiro atoms. The second-order valence-electron chi connectivity index (χ2n) is 4.42. The Labute approximate surface area is 101 Å². The van der Waals surface area contributed by atoms with Crippen molar-refractivity contribution in [2.24, 2.45) is 0 Å². The molecule has 92 valence electrons. The summed E-state index contributed by atoms with van der Waals surface area (Å²) in [6, 6.07) is 3.49. The number of ether oxygens (including phenoxy) is 2. The number of aromatic nitrogens is 1. The molecule has 0 N–H and O–H groups in total. The molecule has 17 heavy (non-hydrogen) atoms. The van der Waals surface area contributed by atoms with Crippen molar-refractivity contribution in [2.45, 2.75) is 31.8 Å². The number of hydrogen-bond acceptors (Lipinski definition) is 4. The first-order valence-corrected chi connectivity index (χ1v) is 5.85. The van der Waals surface area contributed by atoms with E-state index in [1.165, 1.54) is 7.11 Å². The van der Waals surface area contributed by atoms with E-state index in [2.05, 4.69) is 4.98 Å². The lowest BCUT2D eigenvalue weighted by Crippen LogP contribution is -2.41. The van der Waals surface area contributed by atoms with Crippen LogP contribution in [0.3, 0.4) is 0 Å². The average molecular weight is 235 g/mol. The Balaban J connectivity index is 2.29. The maximum Gasteiger partial charge on any atom is 0.216 e. The van der Waals surface area contributed by atoms with Crippen molar-refractivity contribution in [3.8, 4) is 5.75 Å². The molecule has 1 atom stereocenters. The average Bonchev–Trinajstić information content (AvgIpc) is 2.38. The van der Waals surface area contributed by atoms with Crippen LogP contribution in [0.1, 0.15) is 36.7 Å². The van der Waals surface area contributed by atoms with Gasteiger partial charge in [-0.05, 0) is 38.3 Å². The van der Waals surface area contributed by atoms with Crippen LogP contribution < -0.4 is 4.74 Å². The highest BCUT2D eigenvalue weighted by atomic mass is 16.5. The normalized spacial score (nSPS) is 24.4. The van der Waals surface area contributed by atoms with Crippen LogP contribution in [0.25, 0.3) is 0 Å². The van der Waals surface area contributed by atoms with Crippen LogP contribution in [0, 0.1) is 0 Å². The van der Waals surface area contributed by atoms with Crippen LogP contribution in [0.2, 0.25) is 0 Å². The molecule has 1 aromatic rings. The number of carbonyl (C=O) groups is 1. The molecule has 0 saturated carbocycles. The molecule has 0 radical (unpaired) electrons. The Bertz CT molecular complexity index is 411. The van der Waals surface area contributed by atoms with Gasteiger partial charge < -0.3 is 9.47 Å². The third-order valence-corrected chi connectivity index (χ3v) is 3.15. The molecule has 2 heterocycles. The van der Waals surface area contributed by atoms with Crippen molar-refractivity contribution in [3.63, 3.8) is 0 Å². The van der Waals surface area contributed by atoms with E-state index in [0.29, 0.717) is 18.1 Å². The number of hydrogen-bond donors (Lipinski definition) is 0. The van der Waals surface area contributed by atoms with Crippen LogP contribution >= 0.6 is 0 Å². The smallest absolute Gasteiger partial charge is 0.216 e. The first kappa shape index (κ1) is 12.0. The summed E-state index contributed by atoms with van der Waals surface area (Å²) < 4.78 is 10.8. The van der Waals surface area contributed by atoms with E-state index in [9.17, 15) is 4.79 Å². The largest absolute Gasteiger partial charge is 0.494 e. The fraction of sp³-hybridized carbons (Fsp3) is 0.538. The van der Waals surface area contributed by atoms with Crippen LogP contribution in [-0.4, -0.2) is 30.1 Å². The standard InChI is InChI=1S/C13H17NO3/c1-13(7-3-4-9-17-13)12(15)11-10(16-2)6-5-8-14-11/h5-6,8H,3-4,7,9H2,1-2H3. The van der Waals surface area contributed by atoms with Crippen LogP contribution in [0.4, 0.5) is 0 Å². The monoisotopic (exact) mass is 235 g/mol. The van der Waals surface area contributed by atoms with Gasteiger partial charge in [-0.3, -0.25) is 4.79 Å². The molecule has 4 heteroatoms. The first-order valence-electron chi connectivity index (χ1n) is 5.85. The van der Waals surface area contributed by atoms with Crippen molar-refractivity contribution in [3.05, 3.63) is 24.0 Å². The van der Waals surface area contributed by atoms with Crippen LogP contribution in [0.15, 0.2) is 18.3 Å². The number of Topliss-reactive ketones (excluding diaryl/α,β-unsaturated/α-hetero) is 1. The summed E-state index contributed by atoms with van der Waals surface area (Å²) in [6.07, 6.45) is 4.37. The van der Waals surface area contributed by atoms with Crippen LogP contribution in [-0.2, 0) is 4.74 Å². The van der Waals surface area contributed by atoms with E-state index in [1.807, 2.05) is 6.92 Å². The van der Waals surface area contributed by atoms with Crippen LogP contribution in [0.5, 0.6) is 5.75 Å². The van der Waals surface area contributed by atoms with Gasteiger partial charge in [-0.25, -0.2) is 4.98 Å². The minimum absolute atomic E-state index is 0.0883. The third kappa shape index (κ3) is 2.31. The van der Waals surface area contributed by atoms with Gasteiger partial charge in [0, 0.05) is 12.8 Å². The Morgan fingerprint density at radius 3 is 3.00 bits per heavy atom. The SMILES string of the molecule is COc1cccnc1C(=O)C1(C)CCCCO1. The van der Waals surface area contributed by atoms with Gasteiger partial charge in [-0.15, -0.1) is 0 Å². The van der Waals surface area contributed by atoms with Gasteiger partial charge in [-0.2, -0.15) is 0 Å². The molecule has 1 saturated heterocycles. The molecular formula is C13H17NO3. The van der Waals surface area contributed by atoms with Crippen molar-refractivity contribution in [1.29, 1.82) is 0 Å². The first-order chi connectivity index (χ1) is 8.17. The second kappa shape index (κ2) is 4.84. The minimum atomic E-state index is -0.750. The number of pyridine rings is 1. The van der Waals surface area contributed by atoms with Gasteiger partial charge in [0.05, 0.1) is 7.11 Å². The van der Waals surface area contributed by atoms with Crippen molar-refractivity contribution in [2.75, 3.05) is 13.7 Å². The van der Waals surface area contributed by atoms with E-state index in [-0.39, 0.29) is 5.78 Å². The fourth-order valence-electron chi connectivity index (χ4n) is 2.09. The quantitative estimate of drug-likeness (QED) is 0.754. The molecule has 1 aliphatic heterocycles. The van der Waals surface area contributed by atoms with E-state index in [4.69, 9.17) is 9.47 Å². The highest BCUT2D eigenvalue weighted by molar-refractivity contribution is 6.02. The Morgan fingerprint density at radius 2 is 2.35 bits per heavy atom. The van der Waals surface area contributed by atoms with Crippen molar-refractivity contribution < 1.29 is 14.3 Å². The van der Waals surface area contributed by atoms with Gasteiger partial charge in [0.25, 0.3) is 0 Å². The fourth-order valence-corrected chi connectivity index (χ4v) is 2.09. The second-order valence-corrected chi connectivity index (χ2v) is 4.42. The summed E-state index contributed by atoms with van der Waals surface area (Å²) in [6.45, 7) is 2.47. The van der Waals surface area contributed by atoms with E-state index < -0.39 is 5.60 Å². The minimum Gasteiger partial charge on any atom is -0.494 e. The van der Waals surface area contributed by atoms with Crippen molar-refractivity contribution >= 4 is 5.78 Å². The highest BCUT2D eigenvalue weighted by Crippen LogP contribution is 2.30. The lowest BCUT2D eigenvalue weighted by atomic mass is 9.89. The summed E-state index contributed by atoms with van der Waals surface area (Å²) in [5.41, 5.74) is -0.390. The zero-order valence-electron chi connectivity index (χ0n) is 10.2. The molecule has 1 aliphatic rings. The van der Waals surface area contributed by atoms with Gasteiger partial charge in [0.15, 0.2) is 5.69 Å². The summed E-state index contributed by atoms with van der Waals surface area (Å²) in [5.74, 6) is 0.419. The maximum absolute atomic E-state index is 12.4. The van der Waals surface area contributed by atoms with Gasteiger partial charge >= 0.3 is 0 Å². The summed E-state index contributed by atoms with van der Waals surface area (Å²) in [4.78, 5) is 16.5. The van der Waals surface area contributed by atoms with E-state index >= 15 is 0 Å². The molecule has 1 aromatic heterocycles. The van der Waals surface area contributed by atoms with E-state index in [0.717, 1.165) is 19.3 Å². The zero-order valence-corrected chi connectivity index (χ0v) is 10.2. The predicted molar refractivity (Wildman–Crippen MR) is 63.3 cm³/mol. The molecule has 4 nitrogen and oxygen atoms in total. The maximum atomic E-state index is 12.4. The number of methoxy groups -OCH3 is 1. The third-order valence-electron chi connectivity index (χ3n) is 3.15. The Hall–Kier alpha value is -1.42. The number of rotatable bonds is 3. The Kier molecular flexibility index (Phi) is 3.43. The Morgan fingerprint density at radius 1 is 1.53 bits per heavy atom. The lowest BCUT2D eigenvalue weighted by molar-refractivity contribution is -0.0430. The van der Waals surface area contributed by atoms with Gasteiger partial charge in [0.2, 0.25) is 5.78 Å². The number of ketones is 1. The molecular weight excluding hydrogens is 218 g/mol. The van der Waals surface area contributed by atoms with Gasteiger partial charge in [0.1, 0.15) is 11.4 Å². The molecule has 0 aromatic carbocycles. The highest BCUT2D eigenvalue weighted by Gasteiger charge is 2.38.